The maximum atomic E-state index is 12.6. The molecule has 1 fully saturated rings. The predicted molar refractivity (Wildman–Crippen MR) is 83.7 cm³/mol. The molecular formula is C14H17BrN2O3S. The first-order chi connectivity index (χ1) is 9.95. The highest BCUT2D eigenvalue weighted by molar-refractivity contribution is 9.10. The van der Waals surface area contributed by atoms with E-state index in [0.29, 0.717) is 10.2 Å². The van der Waals surface area contributed by atoms with E-state index in [9.17, 15) is 13.2 Å². The Morgan fingerprint density at radius 2 is 1.90 bits per heavy atom. The molecule has 1 aromatic rings. The fourth-order valence-corrected chi connectivity index (χ4v) is 5.33. The summed E-state index contributed by atoms with van der Waals surface area (Å²) in [7, 11) is -3.57. The smallest absolute Gasteiger partial charge is 0.241 e. The van der Waals surface area contributed by atoms with Gasteiger partial charge in [0.2, 0.25) is 15.9 Å². The van der Waals surface area contributed by atoms with Crippen LogP contribution < -0.4 is 10.0 Å². The van der Waals surface area contributed by atoms with E-state index in [1.807, 2.05) is 0 Å². The number of carbonyl (C=O) groups is 1. The summed E-state index contributed by atoms with van der Waals surface area (Å²) in [5, 5.41) is 2.71. The molecule has 0 spiro atoms. The van der Waals surface area contributed by atoms with E-state index in [1.54, 1.807) is 12.1 Å². The second-order valence-electron chi connectivity index (χ2n) is 5.62. The van der Waals surface area contributed by atoms with Gasteiger partial charge < -0.3 is 5.32 Å². The quantitative estimate of drug-likeness (QED) is 0.855. The zero-order valence-corrected chi connectivity index (χ0v) is 13.9. The Morgan fingerprint density at radius 3 is 2.62 bits per heavy atom. The van der Waals surface area contributed by atoms with Crippen LogP contribution in [0.15, 0.2) is 21.5 Å². The Bertz CT molecular complexity index is 682. The maximum Gasteiger partial charge on any atom is 0.241 e. The average molecular weight is 373 g/mol. The molecule has 1 aliphatic carbocycles. The molecule has 7 heteroatoms. The molecule has 5 nitrogen and oxygen atoms in total. The number of carbonyl (C=O) groups excluding carboxylic acids is 1. The first kappa shape index (κ1) is 15.0. The molecule has 1 saturated carbocycles. The minimum atomic E-state index is -3.57. The number of rotatable bonds is 3. The van der Waals surface area contributed by atoms with Crippen LogP contribution in [0.2, 0.25) is 0 Å². The number of fused-ring (bicyclic) bond motifs is 1. The van der Waals surface area contributed by atoms with Gasteiger partial charge in [-0.25, -0.2) is 13.1 Å². The van der Waals surface area contributed by atoms with Crippen molar-refractivity contribution >= 4 is 37.5 Å². The molecule has 114 valence electrons. The number of anilines is 1. The van der Waals surface area contributed by atoms with E-state index in [0.717, 1.165) is 31.2 Å². The highest BCUT2D eigenvalue weighted by Gasteiger charge is 2.27. The Hall–Kier alpha value is -0.920. The fourth-order valence-electron chi connectivity index (χ4n) is 2.93. The van der Waals surface area contributed by atoms with Gasteiger partial charge in [-0.1, -0.05) is 19.3 Å². The second kappa shape index (κ2) is 5.70. The summed E-state index contributed by atoms with van der Waals surface area (Å²) in [6, 6.07) is 3.27. The molecule has 3 rings (SSSR count). The third-order valence-corrected chi connectivity index (χ3v) is 6.48. The van der Waals surface area contributed by atoms with Gasteiger partial charge in [-0.3, -0.25) is 4.79 Å². The number of nitrogens with one attached hydrogen (secondary N) is 2. The largest absolute Gasteiger partial charge is 0.325 e. The van der Waals surface area contributed by atoms with E-state index in [2.05, 4.69) is 26.0 Å². The molecule has 0 aromatic heterocycles. The predicted octanol–water partition coefficient (Wildman–Crippen LogP) is 2.55. The van der Waals surface area contributed by atoms with E-state index >= 15 is 0 Å². The van der Waals surface area contributed by atoms with Gasteiger partial charge >= 0.3 is 0 Å². The summed E-state index contributed by atoms with van der Waals surface area (Å²) in [6.45, 7) is 0. The third kappa shape index (κ3) is 3.14. The van der Waals surface area contributed by atoms with Gasteiger partial charge in [0.15, 0.2) is 0 Å². The zero-order valence-electron chi connectivity index (χ0n) is 11.5. The number of benzene rings is 1. The number of halogens is 1. The van der Waals surface area contributed by atoms with Crippen LogP contribution >= 0.6 is 15.9 Å². The molecule has 0 atom stereocenters. The van der Waals surface area contributed by atoms with Crippen molar-refractivity contribution in [2.45, 2.75) is 49.5 Å². The Balaban J connectivity index is 1.88. The normalized spacial score (nSPS) is 19.4. The summed E-state index contributed by atoms with van der Waals surface area (Å²) in [6.07, 6.45) is 5.32. The number of sulfonamides is 1. The van der Waals surface area contributed by atoms with Crippen LogP contribution in [0.25, 0.3) is 0 Å². The van der Waals surface area contributed by atoms with Crippen LogP contribution in [0, 0.1) is 0 Å². The van der Waals surface area contributed by atoms with E-state index in [4.69, 9.17) is 0 Å². The van der Waals surface area contributed by atoms with Gasteiger partial charge in [0.25, 0.3) is 0 Å². The van der Waals surface area contributed by atoms with Crippen LogP contribution in [0.4, 0.5) is 5.69 Å². The first-order valence-electron chi connectivity index (χ1n) is 7.10. The van der Waals surface area contributed by atoms with Crippen molar-refractivity contribution in [1.82, 2.24) is 4.72 Å². The average Bonchev–Trinajstić information content (AvgIpc) is 2.77. The van der Waals surface area contributed by atoms with Crippen LogP contribution in [0.1, 0.15) is 37.7 Å². The van der Waals surface area contributed by atoms with E-state index in [1.165, 1.54) is 6.42 Å². The first-order valence-corrected chi connectivity index (χ1v) is 9.38. The lowest BCUT2D eigenvalue weighted by Crippen LogP contribution is -2.36. The topological polar surface area (TPSA) is 75.3 Å². The molecule has 1 aliphatic heterocycles. The molecule has 1 heterocycles. The van der Waals surface area contributed by atoms with Gasteiger partial charge in [0, 0.05) is 16.2 Å². The van der Waals surface area contributed by atoms with Crippen molar-refractivity contribution in [2.24, 2.45) is 0 Å². The lowest BCUT2D eigenvalue weighted by atomic mass is 9.96. The molecule has 0 bridgehead atoms. The zero-order chi connectivity index (χ0) is 15.0. The maximum absolute atomic E-state index is 12.6. The SMILES string of the molecule is O=C1Cc2cc(S(=O)(=O)NC3CCCCC3)c(Br)cc2N1. The van der Waals surface area contributed by atoms with Crippen molar-refractivity contribution < 1.29 is 13.2 Å². The van der Waals surface area contributed by atoms with Crippen molar-refractivity contribution in [3.05, 3.63) is 22.2 Å². The number of hydrogen-bond donors (Lipinski definition) is 2. The van der Waals surface area contributed by atoms with Crippen molar-refractivity contribution in [1.29, 1.82) is 0 Å². The summed E-state index contributed by atoms with van der Waals surface area (Å²) < 4.78 is 28.4. The summed E-state index contributed by atoms with van der Waals surface area (Å²) in [5.41, 5.74) is 1.41. The van der Waals surface area contributed by atoms with Gasteiger partial charge in [-0.05, 0) is 46.5 Å². The molecule has 21 heavy (non-hydrogen) atoms. The van der Waals surface area contributed by atoms with Gasteiger partial charge in [-0.2, -0.15) is 0 Å². The Morgan fingerprint density at radius 1 is 1.19 bits per heavy atom. The van der Waals surface area contributed by atoms with E-state index < -0.39 is 10.0 Å². The van der Waals surface area contributed by atoms with Crippen LogP contribution in [0.3, 0.4) is 0 Å². The minimum absolute atomic E-state index is 0.0173. The highest BCUT2D eigenvalue weighted by Crippen LogP contribution is 2.33. The molecule has 2 aliphatic rings. The number of hydrogen-bond acceptors (Lipinski definition) is 3. The van der Waals surface area contributed by atoms with Gasteiger partial charge in [-0.15, -0.1) is 0 Å². The Labute approximate surface area is 132 Å². The molecule has 2 N–H and O–H groups in total. The van der Waals surface area contributed by atoms with Gasteiger partial charge in [0.05, 0.1) is 11.3 Å². The van der Waals surface area contributed by atoms with Crippen molar-refractivity contribution in [3.8, 4) is 0 Å². The highest BCUT2D eigenvalue weighted by atomic mass is 79.9. The van der Waals surface area contributed by atoms with Gasteiger partial charge in [0.1, 0.15) is 0 Å². The number of amides is 1. The summed E-state index contributed by atoms with van der Waals surface area (Å²) in [5.74, 6) is -0.105. The molecular weight excluding hydrogens is 356 g/mol. The summed E-state index contributed by atoms with van der Waals surface area (Å²) >= 11 is 3.30. The third-order valence-electron chi connectivity index (χ3n) is 4.00. The molecule has 1 amide bonds. The molecule has 0 radical (unpaired) electrons. The fraction of sp³-hybridized carbons (Fsp3) is 0.500. The van der Waals surface area contributed by atoms with Crippen LogP contribution in [-0.2, 0) is 21.2 Å². The lowest BCUT2D eigenvalue weighted by Gasteiger charge is -2.23. The second-order valence-corrected chi connectivity index (χ2v) is 8.16. The van der Waals surface area contributed by atoms with Crippen molar-refractivity contribution in [3.63, 3.8) is 0 Å². The van der Waals surface area contributed by atoms with Crippen LogP contribution in [-0.4, -0.2) is 20.4 Å². The Kier molecular flexibility index (Phi) is 4.07. The standard InChI is InChI=1S/C14H17BrN2O3S/c15-11-8-12-9(7-14(18)16-12)6-13(11)21(19,20)17-10-4-2-1-3-5-10/h6,8,10,17H,1-5,7H2,(H,16,18). The molecule has 0 unspecified atom stereocenters. The summed E-state index contributed by atoms with van der Waals surface area (Å²) in [4.78, 5) is 11.6. The van der Waals surface area contributed by atoms with Crippen LogP contribution in [0.5, 0.6) is 0 Å². The lowest BCUT2D eigenvalue weighted by molar-refractivity contribution is -0.115. The molecule has 1 aromatic carbocycles. The monoisotopic (exact) mass is 372 g/mol. The minimum Gasteiger partial charge on any atom is -0.325 e. The van der Waals surface area contributed by atoms with Crippen molar-refractivity contribution in [2.75, 3.05) is 5.32 Å². The molecule has 0 saturated heterocycles. The van der Waals surface area contributed by atoms with E-state index in [-0.39, 0.29) is 23.3 Å².